The summed E-state index contributed by atoms with van der Waals surface area (Å²) in [4.78, 5) is 24.3. The van der Waals surface area contributed by atoms with Gasteiger partial charge in [0.1, 0.15) is 11.5 Å². The van der Waals surface area contributed by atoms with Gasteiger partial charge < -0.3 is 20.6 Å². The second-order valence-corrected chi connectivity index (χ2v) is 6.58. The van der Waals surface area contributed by atoms with Crippen LogP contribution in [0.3, 0.4) is 0 Å². The summed E-state index contributed by atoms with van der Waals surface area (Å²) in [6, 6.07) is 3.14. The molecule has 1 fully saturated rings. The third-order valence-electron chi connectivity index (χ3n) is 4.60. The number of carbonyl (C=O) groups excluding carboxylic acids is 1. The van der Waals surface area contributed by atoms with E-state index in [4.69, 9.17) is 10.2 Å². The molecule has 6 nitrogen and oxygen atoms in total. The molecule has 0 bridgehead atoms. The number of alkyl halides is 2. The van der Waals surface area contributed by atoms with Crippen molar-refractivity contribution < 1.29 is 27.5 Å². The summed E-state index contributed by atoms with van der Waals surface area (Å²) < 4.78 is 45.1. The van der Waals surface area contributed by atoms with Crippen LogP contribution in [0, 0.1) is 5.82 Å². The number of fused-ring (bicyclic) bond motifs is 1. The molecule has 1 aromatic heterocycles. The molecule has 1 saturated carbocycles. The molecule has 3 rings (SSSR count). The summed E-state index contributed by atoms with van der Waals surface area (Å²) in [5, 5.41) is 12.7. The number of nitrogens with two attached hydrogens (primary N) is 1. The highest BCUT2D eigenvalue weighted by molar-refractivity contribution is 5.95. The maximum Gasteiger partial charge on any atom is 0.287 e. The Bertz CT molecular complexity index is 916. The molecule has 0 spiro atoms. The molecule has 9 heteroatoms. The van der Waals surface area contributed by atoms with E-state index in [1.807, 2.05) is 0 Å². The predicted octanol–water partition coefficient (Wildman–Crippen LogP) is 2.18. The van der Waals surface area contributed by atoms with Gasteiger partial charge in [-0.05, 0) is 25.0 Å². The van der Waals surface area contributed by atoms with Crippen LogP contribution in [0.2, 0.25) is 0 Å². The number of hydrogen-bond acceptors (Lipinski definition) is 5. The molecule has 1 aliphatic rings. The Morgan fingerprint density at radius 1 is 1.27 bits per heavy atom. The fourth-order valence-corrected chi connectivity index (χ4v) is 2.92. The standard InChI is InChI=1S/C17H17F3N2O4/c18-10-2-1-9-11(23)7-12(26-14(9)13(10)21)15(24)22-8-16(25)3-5-17(19,20)6-4-16/h1-2,7,25H,3-6,8,21H2,(H,22,24). The van der Waals surface area contributed by atoms with Gasteiger partial charge in [0.05, 0.1) is 11.0 Å². The Hall–Kier alpha value is -2.55. The Labute approximate surface area is 145 Å². The lowest BCUT2D eigenvalue weighted by Gasteiger charge is -2.35. The van der Waals surface area contributed by atoms with E-state index >= 15 is 0 Å². The van der Waals surface area contributed by atoms with E-state index in [-0.39, 0.29) is 30.4 Å². The summed E-state index contributed by atoms with van der Waals surface area (Å²) >= 11 is 0. The van der Waals surface area contributed by atoms with E-state index in [0.29, 0.717) is 0 Å². The quantitative estimate of drug-likeness (QED) is 0.718. The topological polar surface area (TPSA) is 106 Å². The number of amides is 1. The molecule has 0 radical (unpaired) electrons. The number of rotatable bonds is 3. The normalized spacial score (nSPS) is 18.6. The van der Waals surface area contributed by atoms with Crippen molar-refractivity contribution in [1.29, 1.82) is 0 Å². The van der Waals surface area contributed by atoms with Crippen molar-refractivity contribution in [2.75, 3.05) is 12.3 Å². The minimum absolute atomic E-state index is 0.0218. The zero-order valence-electron chi connectivity index (χ0n) is 13.7. The Kier molecular flexibility index (Phi) is 4.43. The second kappa shape index (κ2) is 6.31. The van der Waals surface area contributed by atoms with E-state index in [2.05, 4.69) is 5.32 Å². The van der Waals surface area contributed by atoms with Crippen molar-refractivity contribution in [1.82, 2.24) is 5.32 Å². The number of anilines is 1. The highest BCUT2D eigenvalue weighted by Gasteiger charge is 2.42. The number of aliphatic hydroxyl groups is 1. The minimum atomic E-state index is -2.82. The average molecular weight is 370 g/mol. The SMILES string of the molecule is Nc1c(F)ccc2c(=O)cc(C(=O)NCC3(O)CCC(F)(F)CC3)oc12. The molecule has 0 saturated heterocycles. The largest absolute Gasteiger partial charge is 0.448 e. The molecule has 4 N–H and O–H groups in total. The molecule has 1 aliphatic carbocycles. The van der Waals surface area contributed by atoms with Crippen molar-refractivity contribution in [2.24, 2.45) is 0 Å². The highest BCUT2D eigenvalue weighted by Crippen LogP contribution is 2.38. The van der Waals surface area contributed by atoms with Crippen LogP contribution < -0.4 is 16.5 Å². The van der Waals surface area contributed by atoms with Gasteiger partial charge in [0.25, 0.3) is 5.91 Å². The molecule has 1 amide bonds. The van der Waals surface area contributed by atoms with Crippen molar-refractivity contribution in [3.05, 3.63) is 40.0 Å². The van der Waals surface area contributed by atoms with Gasteiger partial charge in [0.2, 0.25) is 5.92 Å². The number of carbonyl (C=O) groups is 1. The monoisotopic (exact) mass is 370 g/mol. The Morgan fingerprint density at radius 2 is 1.92 bits per heavy atom. The van der Waals surface area contributed by atoms with Crippen molar-refractivity contribution in [3.8, 4) is 0 Å². The van der Waals surface area contributed by atoms with Gasteiger partial charge in [-0.15, -0.1) is 0 Å². The average Bonchev–Trinajstić information content (AvgIpc) is 2.59. The number of hydrogen-bond donors (Lipinski definition) is 3. The van der Waals surface area contributed by atoms with Crippen LogP contribution >= 0.6 is 0 Å². The van der Waals surface area contributed by atoms with Crippen LogP contribution in [0.15, 0.2) is 27.4 Å². The fourth-order valence-electron chi connectivity index (χ4n) is 2.92. The van der Waals surface area contributed by atoms with Crippen molar-refractivity contribution in [3.63, 3.8) is 0 Å². The summed E-state index contributed by atoms with van der Waals surface area (Å²) in [6.07, 6.45) is -1.28. The maximum atomic E-state index is 13.5. The van der Waals surface area contributed by atoms with Gasteiger partial charge in [-0.2, -0.15) is 0 Å². The molecular weight excluding hydrogens is 353 g/mol. The third-order valence-corrected chi connectivity index (χ3v) is 4.60. The van der Waals surface area contributed by atoms with E-state index < -0.39 is 53.0 Å². The number of halogens is 3. The summed E-state index contributed by atoms with van der Waals surface area (Å²) in [5.41, 5.74) is 2.85. The summed E-state index contributed by atoms with van der Waals surface area (Å²) in [6.45, 7) is -0.276. The maximum absolute atomic E-state index is 13.5. The molecule has 0 aliphatic heterocycles. The zero-order chi connectivity index (χ0) is 19.1. The van der Waals surface area contributed by atoms with Gasteiger partial charge in [0.15, 0.2) is 16.8 Å². The van der Waals surface area contributed by atoms with E-state index in [0.717, 1.165) is 12.1 Å². The summed E-state index contributed by atoms with van der Waals surface area (Å²) in [5.74, 6) is -4.86. The van der Waals surface area contributed by atoms with E-state index in [1.54, 1.807) is 0 Å². The smallest absolute Gasteiger partial charge is 0.287 e. The number of benzene rings is 1. The lowest BCUT2D eigenvalue weighted by Crippen LogP contribution is -2.47. The minimum Gasteiger partial charge on any atom is -0.448 e. The van der Waals surface area contributed by atoms with E-state index in [9.17, 15) is 27.9 Å². The molecule has 0 unspecified atom stereocenters. The van der Waals surface area contributed by atoms with Gasteiger partial charge in [0, 0.05) is 25.5 Å². The first-order valence-electron chi connectivity index (χ1n) is 8.01. The van der Waals surface area contributed by atoms with Crippen LogP contribution in [0.5, 0.6) is 0 Å². The van der Waals surface area contributed by atoms with Crippen LogP contribution in [-0.4, -0.2) is 29.1 Å². The number of nitrogen functional groups attached to an aromatic ring is 1. The van der Waals surface area contributed by atoms with Crippen LogP contribution in [0.25, 0.3) is 11.0 Å². The molecule has 2 aromatic rings. The predicted molar refractivity (Wildman–Crippen MR) is 87.6 cm³/mol. The molecule has 1 aromatic carbocycles. The van der Waals surface area contributed by atoms with Crippen LogP contribution in [-0.2, 0) is 0 Å². The Morgan fingerprint density at radius 3 is 2.58 bits per heavy atom. The van der Waals surface area contributed by atoms with Crippen LogP contribution in [0.1, 0.15) is 36.2 Å². The Balaban J connectivity index is 1.78. The van der Waals surface area contributed by atoms with E-state index in [1.165, 1.54) is 6.07 Å². The van der Waals surface area contributed by atoms with Gasteiger partial charge >= 0.3 is 0 Å². The highest BCUT2D eigenvalue weighted by atomic mass is 19.3. The molecule has 1 heterocycles. The summed E-state index contributed by atoms with van der Waals surface area (Å²) in [7, 11) is 0. The molecule has 0 atom stereocenters. The first-order valence-corrected chi connectivity index (χ1v) is 8.01. The third kappa shape index (κ3) is 3.52. The molecule has 140 valence electrons. The molecular formula is C17H17F3N2O4. The van der Waals surface area contributed by atoms with Gasteiger partial charge in [-0.3, -0.25) is 9.59 Å². The lowest BCUT2D eigenvalue weighted by molar-refractivity contribution is -0.101. The first-order chi connectivity index (χ1) is 12.1. The van der Waals surface area contributed by atoms with Gasteiger partial charge in [-0.25, -0.2) is 13.2 Å². The van der Waals surface area contributed by atoms with Crippen molar-refractivity contribution >= 4 is 22.6 Å². The number of nitrogens with one attached hydrogen (secondary N) is 1. The fraction of sp³-hybridized carbons (Fsp3) is 0.412. The second-order valence-electron chi connectivity index (χ2n) is 6.58. The van der Waals surface area contributed by atoms with Gasteiger partial charge in [-0.1, -0.05) is 0 Å². The van der Waals surface area contributed by atoms with Crippen LogP contribution in [0.4, 0.5) is 18.9 Å². The first kappa shape index (κ1) is 18.2. The lowest BCUT2D eigenvalue weighted by atomic mass is 9.83. The molecule has 26 heavy (non-hydrogen) atoms. The zero-order valence-corrected chi connectivity index (χ0v) is 13.7. The van der Waals surface area contributed by atoms with Crippen molar-refractivity contribution in [2.45, 2.75) is 37.2 Å².